The summed E-state index contributed by atoms with van der Waals surface area (Å²) in [4.78, 5) is 2.56. The molecular formula is C26H31NO. The summed E-state index contributed by atoms with van der Waals surface area (Å²) < 4.78 is 0. The van der Waals surface area contributed by atoms with Crippen LogP contribution in [0.2, 0.25) is 0 Å². The molecule has 0 heterocycles. The van der Waals surface area contributed by atoms with Gasteiger partial charge in [-0.3, -0.25) is 4.90 Å². The zero-order valence-corrected chi connectivity index (χ0v) is 16.6. The van der Waals surface area contributed by atoms with Crippen molar-refractivity contribution >= 4 is 0 Å². The number of rotatable bonds is 11. The lowest BCUT2D eigenvalue weighted by molar-refractivity contribution is 0.157. The molecule has 2 heteroatoms. The molecule has 0 aromatic heterocycles. The number of aliphatic hydroxyl groups excluding tert-OH is 1. The van der Waals surface area contributed by atoms with Crippen molar-refractivity contribution in [3.05, 3.63) is 108 Å². The Morgan fingerprint density at radius 3 is 1.79 bits per heavy atom. The predicted octanol–water partition coefficient (Wildman–Crippen LogP) is 5.12. The van der Waals surface area contributed by atoms with Gasteiger partial charge in [0.2, 0.25) is 0 Å². The van der Waals surface area contributed by atoms with E-state index in [2.05, 4.69) is 95.9 Å². The van der Waals surface area contributed by atoms with Crippen molar-refractivity contribution in [2.24, 2.45) is 0 Å². The van der Waals surface area contributed by atoms with E-state index in [1.807, 2.05) is 0 Å². The Balaban J connectivity index is 1.77. The molecule has 0 aliphatic heterocycles. The zero-order chi connectivity index (χ0) is 19.4. The van der Waals surface area contributed by atoms with Gasteiger partial charge in [-0.2, -0.15) is 0 Å². The van der Waals surface area contributed by atoms with Gasteiger partial charge in [0.25, 0.3) is 0 Å². The number of benzene rings is 3. The molecule has 0 aliphatic carbocycles. The van der Waals surface area contributed by atoms with E-state index in [0.717, 1.165) is 38.8 Å². The summed E-state index contributed by atoms with van der Waals surface area (Å²) in [7, 11) is 0. The molecule has 3 aromatic carbocycles. The highest BCUT2D eigenvalue weighted by molar-refractivity contribution is 5.19. The summed E-state index contributed by atoms with van der Waals surface area (Å²) in [5.41, 5.74) is 4.10. The molecule has 146 valence electrons. The number of hydrogen-bond donors (Lipinski definition) is 1. The van der Waals surface area contributed by atoms with E-state index in [0.29, 0.717) is 6.04 Å². The van der Waals surface area contributed by atoms with Crippen molar-refractivity contribution in [1.82, 2.24) is 4.90 Å². The summed E-state index contributed by atoms with van der Waals surface area (Å²) in [5, 5.41) is 9.43. The first-order valence-corrected chi connectivity index (χ1v) is 10.3. The minimum absolute atomic E-state index is 0.238. The lowest BCUT2D eigenvalue weighted by atomic mass is 9.97. The summed E-state index contributed by atoms with van der Waals surface area (Å²) >= 11 is 0. The lowest BCUT2D eigenvalue weighted by Crippen LogP contribution is -2.38. The quantitative estimate of drug-likeness (QED) is 0.504. The SMILES string of the molecule is OCCCN(Cc1ccccc1)C(CCc1ccccc1)Cc1ccccc1. The first-order valence-electron chi connectivity index (χ1n) is 10.3. The molecular weight excluding hydrogens is 342 g/mol. The number of aryl methyl sites for hydroxylation is 1. The van der Waals surface area contributed by atoms with Crippen LogP contribution in [-0.2, 0) is 19.4 Å². The minimum Gasteiger partial charge on any atom is -0.396 e. The summed E-state index contributed by atoms with van der Waals surface area (Å²) in [6.45, 7) is 2.08. The molecule has 0 aliphatic rings. The van der Waals surface area contributed by atoms with Crippen molar-refractivity contribution in [2.45, 2.75) is 38.3 Å². The van der Waals surface area contributed by atoms with E-state index in [1.165, 1.54) is 16.7 Å². The molecule has 3 aromatic rings. The molecule has 0 saturated heterocycles. The molecule has 28 heavy (non-hydrogen) atoms. The topological polar surface area (TPSA) is 23.5 Å². The van der Waals surface area contributed by atoms with Gasteiger partial charge >= 0.3 is 0 Å². The Hall–Kier alpha value is -2.42. The second kappa shape index (κ2) is 11.4. The smallest absolute Gasteiger partial charge is 0.0443 e. The van der Waals surface area contributed by atoms with Crippen LogP contribution in [0.25, 0.3) is 0 Å². The average Bonchev–Trinajstić information content (AvgIpc) is 2.76. The molecule has 0 spiro atoms. The first-order chi connectivity index (χ1) is 13.8. The standard InChI is InChI=1S/C26H31NO/c28-20-10-19-27(22-25-15-8-3-9-16-25)26(21-24-13-6-2-7-14-24)18-17-23-11-4-1-5-12-23/h1-9,11-16,26,28H,10,17-22H2. The van der Waals surface area contributed by atoms with Crippen LogP contribution >= 0.6 is 0 Å². The van der Waals surface area contributed by atoms with Crippen molar-refractivity contribution in [2.75, 3.05) is 13.2 Å². The van der Waals surface area contributed by atoms with Gasteiger partial charge in [-0.1, -0.05) is 91.0 Å². The Morgan fingerprint density at radius 2 is 1.21 bits per heavy atom. The fourth-order valence-corrected chi connectivity index (χ4v) is 3.76. The summed E-state index contributed by atoms with van der Waals surface area (Å²) in [6, 6.07) is 32.6. The van der Waals surface area contributed by atoms with Crippen LogP contribution in [0, 0.1) is 0 Å². The van der Waals surface area contributed by atoms with Crippen molar-refractivity contribution < 1.29 is 5.11 Å². The van der Waals surface area contributed by atoms with Crippen LogP contribution < -0.4 is 0 Å². The third-order valence-electron chi connectivity index (χ3n) is 5.27. The zero-order valence-electron chi connectivity index (χ0n) is 16.6. The van der Waals surface area contributed by atoms with Crippen LogP contribution in [-0.4, -0.2) is 29.2 Å². The second-order valence-corrected chi connectivity index (χ2v) is 7.40. The van der Waals surface area contributed by atoms with Gasteiger partial charge in [-0.25, -0.2) is 0 Å². The molecule has 0 saturated carbocycles. The molecule has 0 radical (unpaired) electrons. The second-order valence-electron chi connectivity index (χ2n) is 7.40. The van der Waals surface area contributed by atoms with Crippen molar-refractivity contribution in [3.8, 4) is 0 Å². The number of hydrogen-bond acceptors (Lipinski definition) is 2. The van der Waals surface area contributed by atoms with E-state index < -0.39 is 0 Å². The fourth-order valence-electron chi connectivity index (χ4n) is 3.76. The van der Waals surface area contributed by atoms with E-state index in [1.54, 1.807) is 0 Å². The van der Waals surface area contributed by atoms with E-state index in [4.69, 9.17) is 0 Å². The largest absolute Gasteiger partial charge is 0.396 e. The highest BCUT2D eigenvalue weighted by atomic mass is 16.3. The Kier molecular flexibility index (Phi) is 8.29. The Bertz CT molecular complexity index is 773. The fraction of sp³-hybridized carbons (Fsp3) is 0.308. The van der Waals surface area contributed by atoms with Gasteiger partial charge in [0.05, 0.1) is 0 Å². The van der Waals surface area contributed by atoms with Gasteiger partial charge in [-0.15, -0.1) is 0 Å². The van der Waals surface area contributed by atoms with Crippen molar-refractivity contribution in [1.29, 1.82) is 0 Å². The third-order valence-corrected chi connectivity index (χ3v) is 5.27. The van der Waals surface area contributed by atoms with Gasteiger partial charge in [0.1, 0.15) is 0 Å². The van der Waals surface area contributed by atoms with E-state index in [9.17, 15) is 5.11 Å². The number of aliphatic hydroxyl groups is 1. The molecule has 0 fully saturated rings. The highest BCUT2D eigenvalue weighted by Crippen LogP contribution is 2.19. The molecule has 0 bridgehead atoms. The maximum atomic E-state index is 9.43. The first kappa shape index (κ1) is 20.3. The normalized spacial score (nSPS) is 12.2. The monoisotopic (exact) mass is 373 g/mol. The third kappa shape index (κ3) is 6.63. The van der Waals surface area contributed by atoms with Gasteiger partial charge in [-0.05, 0) is 42.4 Å². The van der Waals surface area contributed by atoms with Crippen LogP contribution in [0.15, 0.2) is 91.0 Å². The van der Waals surface area contributed by atoms with E-state index >= 15 is 0 Å². The maximum absolute atomic E-state index is 9.43. The molecule has 3 rings (SSSR count). The predicted molar refractivity (Wildman–Crippen MR) is 117 cm³/mol. The lowest BCUT2D eigenvalue weighted by Gasteiger charge is -2.32. The van der Waals surface area contributed by atoms with Crippen LogP contribution in [0.4, 0.5) is 0 Å². The van der Waals surface area contributed by atoms with Crippen LogP contribution in [0.5, 0.6) is 0 Å². The minimum atomic E-state index is 0.238. The molecule has 1 unspecified atom stereocenters. The average molecular weight is 374 g/mol. The molecule has 0 amide bonds. The van der Waals surface area contributed by atoms with Gasteiger partial charge in [0, 0.05) is 25.7 Å². The van der Waals surface area contributed by atoms with Crippen LogP contribution in [0.1, 0.15) is 29.5 Å². The summed E-state index contributed by atoms with van der Waals surface area (Å²) in [5.74, 6) is 0. The summed E-state index contributed by atoms with van der Waals surface area (Å²) in [6.07, 6.45) is 4.02. The Labute approximate surface area is 169 Å². The molecule has 1 N–H and O–H groups in total. The van der Waals surface area contributed by atoms with Crippen LogP contribution in [0.3, 0.4) is 0 Å². The maximum Gasteiger partial charge on any atom is 0.0443 e. The number of nitrogens with zero attached hydrogens (tertiary/aromatic N) is 1. The van der Waals surface area contributed by atoms with Gasteiger partial charge in [0.15, 0.2) is 0 Å². The van der Waals surface area contributed by atoms with Crippen molar-refractivity contribution in [3.63, 3.8) is 0 Å². The molecule has 1 atom stereocenters. The van der Waals surface area contributed by atoms with Gasteiger partial charge < -0.3 is 5.11 Å². The molecule has 2 nitrogen and oxygen atoms in total. The van der Waals surface area contributed by atoms with E-state index in [-0.39, 0.29) is 6.61 Å². The Morgan fingerprint density at radius 1 is 0.679 bits per heavy atom. The highest BCUT2D eigenvalue weighted by Gasteiger charge is 2.19.